The molecular weight excluding hydrogens is 358 g/mol. The quantitative estimate of drug-likeness (QED) is 0.303. The molecule has 0 atom stereocenters. The Morgan fingerprint density at radius 2 is 1.67 bits per heavy atom. The molecule has 0 amide bonds. The zero-order chi connectivity index (χ0) is 18.5. The Morgan fingerprint density at radius 1 is 0.926 bits per heavy atom. The van der Waals surface area contributed by atoms with Gasteiger partial charge in [-0.05, 0) is 30.3 Å². The Labute approximate surface area is 161 Å². The minimum atomic E-state index is 0.515. The maximum atomic E-state index is 6.17. The Kier molecular flexibility index (Phi) is 4.94. The van der Waals surface area contributed by atoms with Gasteiger partial charge in [0.25, 0.3) is 0 Å². The van der Waals surface area contributed by atoms with E-state index in [0.29, 0.717) is 16.7 Å². The molecule has 0 fully saturated rings. The molecule has 1 heterocycles. The fraction of sp³-hybridized carbons (Fsp3) is 0. The molecule has 3 aromatic carbocycles. The number of amidine groups is 1. The van der Waals surface area contributed by atoms with Crippen LogP contribution in [-0.2, 0) is 0 Å². The fourth-order valence-corrected chi connectivity index (χ4v) is 2.75. The highest BCUT2D eigenvalue weighted by molar-refractivity contribution is 6.33. The molecule has 0 saturated heterocycles. The molecule has 4 aromatic rings. The summed E-state index contributed by atoms with van der Waals surface area (Å²) >= 11 is 6.17. The van der Waals surface area contributed by atoms with Gasteiger partial charge in [-0.3, -0.25) is 5.43 Å². The lowest BCUT2D eigenvalue weighted by atomic mass is 10.2. The molecule has 132 valence electrons. The van der Waals surface area contributed by atoms with Gasteiger partial charge >= 0.3 is 0 Å². The number of nitrogens with one attached hydrogen (secondary N) is 2. The number of nitrogens with zero attached hydrogens (tertiary/aromatic N) is 3. The van der Waals surface area contributed by atoms with Crippen molar-refractivity contribution in [2.24, 2.45) is 10.1 Å². The van der Waals surface area contributed by atoms with Gasteiger partial charge in [0.1, 0.15) is 0 Å². The zero-order valence-corrected chi connectivity index (χ0v) is 15.1. The molecule has 0 aliphatic heterocycles. The van der Waals surface area contributed by atoms with E-state index in [4.69, 9.17) is 11.6 Å². The van der Waals surface area contributed by atoms with Crippen LogP contribution in [0.3, 0.4) is 0 Å². The number of H-pyrrole nitrogens is 1. The summed E-state index contributed by atoms with van der Waals surface area (Å²) in [5.74, 6) is 1.12. The van der Waals surface area contributed by atoms with Crippen LogP contribution in [0.5, 0.6) is 0 Å². The van der Waals surface area contributed by atoms with Gasteiger partial charge in [-0.2, -0.15) is 5.10 Å². The summed E-state index contributed by atoms with van der Waals surface area (Å²) in [6, 6.07) is 25.0. The molecule has 2 N–H and O–H groups in total. The highest BCUT2D eigenvalue weighted by Gasteiger charge is 2.09. The van der Waals surface area contributed by atoms with Crippen molar-refractivity contribution in [1.29, 1.82) is 0 Å². The van der Waals surface area contributed by atoms with Crippen molar-refractivity contribution in [3.05, 3.63) is 95.3 Å². The van der Waals surface area contributed by atoms with Crippen LogP contribution in [0.25, 0.3) is 11.0 Å². The van der Waals surface area contributed by atoms with Crippen LogP contribution in [-0.4, -0.2) is 22.0 Å². The average molecular weight is 374 g/mol. The van der Waals surface area contributed by atoms with Gasteiger partial charge in [0, 0.05) is 10.6 Å². The molecular formula is C21H16ClN5. The van der Waals surface area contributed by atoms with E-state index in [9.17, 15) is 0 Å². The maximum absolute atomic E-state index is 6.17. The number of benzene rings is 3. The Hall–Kier alpha value is -3.44. The molecule has 0 unspecified atom stereocenters. The number of aliphatic imine (C=N–C) groups is 1. The zero-order valence-electron chi connectivity index (χ0n) is 14.3. The van der Waals surface area contributed by atoms with Crippen molar-refractivity contribution in [2.75, 3.05) is 0 Å². The third-order valence-corrected chi connectivity index (χ3v) is 4.23. The van der Waals surface area contributed by atoms with Crippen molar-refractivity contribution < 1.29 is 0 Å². The molecule has 0 aliphatic rings. The standard InChI is InChI=1S/C21H16ClN5/c22-17-11-5-4-8-15(17)14-23-27-21(24-16-9-2-1-3-10-16)20-25-18-12-6-7-13-19(18)26-20/h1-14H,(H,24,27)(H,25,26)/b23-14-. The van der Waals surface area contributed by atoms with E-state index in [-0.39, 0.29) is 0 Å². The highest BCUT2D eigenvalue weighted by Crippen LogP contribution is 2.15. The van der Waals surface area contributed by atoms with Gasteiger partial charge in [0.05, 0.1) is 22.9 Å². The molecule has 0 spiro atoms. The molecule has 4 rings (SSSR count). The van der Waals surface area contributed by atoms with Crippen LogP contribution >= 0.6 is 11.6 Å². The Balaban J connectivity index is 1.68. The van der Waals surface area contributed by atoms with E-state index in [1.54, 1.807) is 6.21 Å². The Morgan fingerprint density at radius 3 is 2.48 bits per heavy atom. The Bertz CT molecular complexity index is 1080. The van der Waals surface area contributed by atoms with E-state index < -0.39 is 0 Å². The molecule has 0 radical (unpaired) electrons. The van der Waals surface area contributed by atoms with Gasteiger partial charge < -0.3 is 4.98 Å². The maximum Gasteiger partial charge on any atom is 0.190 e. The number of halogens is 1. The van der Waals surface area contributed by atoms with Crippen molar-refractivity contribution in [1.82, 2.24) is 15.4 Å². The van der Waals surface area contributed by atoms with E-state index >= 15 is 0 Å². The second-order valence-corrected chi connectivity index (χ2v) is 6.20. The predicted octanol–water partition coefficient (Wildman–Crippen LogP) is 4.92. The smallest absolute Gasteiger partial charge is 0.190 e. The molecule has 1 aromatic heterocycles. The summed E-state index contributed by atoms with van der Waals surface area (Å²) in [5, 5.41) is 4.93. The lowest BCUT2D eigenvalue weighted by Gasteiger charge is -2.03. The minimum absolute atomic E-state index is 0.515. The predicted molar refractivity (Wildman–Crippen MR) is 111 cm³/mol. The first-order chi connectivity index (χ1) is 13.3. The van der Waals surface area contributed by atoms with Gasteiger partial charge in [-0.15, -0.1) is 0 Å². The second kappa shape index (κ2) is 7.85. The molecule has 0 bridgehead atoms. The number of aromatic nitrogens is 2. The van der Waals surface area contributed by atoms with Crippen molar-refractivity contribution in [3.8, 4) is 0 Å². The topological polar surface area (TPSA) is 65.4 Å². The van der Waals surface area contributed by atoms with Gasteiger partial charge in [-0.25, -0.2) is 9.98 Å². The first-order valence-corrected chi connectivity index (χ1v) is 8.80. The summed E-state index contributed by atoms with van der Waals surface area (Å²) in [6.45, 7) is 0. The number of fused-ring (bicyclic) bond motifs is 1. The van der Waals surface area contributed by atoms with Gasteiger partial charge in [0.2, 0.25) is 0 Å². The number of hydrogen-bond donors (Lipinski definition) is 2. The van der Waals surface area contributed by atoms with E-state index in [0.717, 1.165) is 22.3 Å². The van der Waals surface area contributed by atoms with Crippen molar-refractivity contribution >= 4 is 40.4 Å². The number of rotatable bonds is 4. The molecule has 0 aliphatic carbocycles. The highest BCUT2D eigenvalue weighted by atomic mass is 35.5. The second-order valence-electron chi connectivity index (χ2n) is 5.79. The summed E-state index contributed by atoms with van der Waals surface area (Å²) in [5.41, 5.74) is 6.40. The molecule has 6 heteroatoms. The van der Waals surface area contributed by atoms with Crippen LogP contribution in [0.2, 0.25) is 5.02 Å². The number of imidazole rings is 1. The normalized spacial score (nSPS) is 12.0. The summed E-state index contributed by atoms with van der Waals surface area (Å²) in [6.07, 6.45) is 1.66. The van der Waals surface area contributed by atoms with Crippen LogP contribution in [0.15, 0.2) is 89.0 Å². The third kappa shape index (κ3) is 4.04. The van der Waals surface area contributed by atoms with E-state index in [1.165, 1.54) is 0 Å². The van der Waals surface area contributed by atoms with Crippen LogP contribution in [0.1, 0.15) is 11.4 Å². The molecule has 27 heavy (non-hydrogen) atoms. The number of hydrazone groups is 1. The summed E-state index contributed by atoms with van der Waals surface area (Å²) in [7, 11) is 0. The van der Waals surface area contributed by atoms with Crippen LogP contribution < -0.4 is 5.43 Å². The first kappa shape index (κ1) is 17.0. The largest absolute Gasteiger partial charge is 0.335 e. The summed E-state index contributed by atoms with van der Waals surface area (Å²) < 4.78 is 0. The number of para-hydroxylation sites is 3. The molecule has 5 nitrogen and oxygen atoms in total. The van der Waals surface area contributed by atoms with Crippen molar-refractivity contribution in [2.45, 2.75) is 0 Å². The lowest BCUT2D eigenvalue weighted by Crippen LogP contribution is -2.20. The number of hydrogen-bond acceptors (Lipinski definition) is 3. The third-order valence-electron chi connectivity index (χ3n) is 3.89. The first-order valence-electron chi connectivity index (χ1n) is 8.42. The van der Waals surface area contributed by atoms with E-state index in [2.05, 4.69) is 25.5 Å². The van der Waals surface area contributed by atoms with Crippen LogP contribution in [0.4, 0.5) is 5.69 Å². The van der Waals surface area contributed by atoms with Crippen molar-refractivity contribution in [3.63, 3.8) is 0 Å². The van der Waals surface area contributed by atoms with Gasteiger partial charge in [0.15, 0.2) is 11.7 Å². The monoisotopic (exact) mass is 373 g/mol. The fourth-order valence-electron chi connectivity index (χ4n) is 2.57. The minimum Gasteiger partial charge on any atom is -0.335 e. The molecule has 0 saturated carbocycles. The number of aromatic amines is 1. The van der Waals surface area contributed by atoms with E-state index in [1.807, 2.05) is 78.9 Å². The summed E-state index contributed by atoms with van der Waals surface area (Å²) in [4.78, 5) is 12.5. The lowest BCUT2D eigenvalue weighted by molar-refractivity contribution is 1.01. The van der Waals surface area contributed by atoms with Gasteiger partial charge in [-0.1, -0.05) is 60.1 Å². The SMILES string of the molecule is Clc1ccccc1/C=N\NC(=Nc1ccccc1)c1nc2ccccc2[nH]1. The van der Waals surface area contributed by atoms with Crippen LogP contribution in [0, 0.1) is 0 Å². The average Bonchev–Trinajstić information content (AvgIpc) is 3.13.